The van der Waals surface area contributed by atoms with Crippen molar-refractivity contribution in [2.24, 2.45) is 5.73 Å². The Labute approximate surface area is 115 Å². The van der Waals surface area contributed by atoms with Crippen LogP contribution in [-0.2, 0) is 6.42 Å². The lowest BCUT2D eigenvalue weighted by Gasteiger charge is -2.30. The van der Waals surface area contributed by atoms with E-state index in [0.717, 1.165) is 17.9 Å². The van der Waals surface area contributed by atoms with Gasteiger partial charge >= 0.3 is 0 Å². The molecule has 0 amide bonds. The Hall–Kier alpha value is -1.26. The first-order valence-corrected chi connectivity index (χ1v) is 7.10. The van der Waals surface area contributed by atoms with E-state index in [1.165, 1.54) is 45.1 Å². The quantitative estimate of drug-likeness (QED) is 0.898. The molecule has 2 aliphatic rings. The maximum atomic E-state index is 5.59. The van der Waals surface area contributed by atoms with Crippen molar-refractivity contribution in [3.05, 3.63) is 23.8 Å². The normalized spacial score (nSPS) is 17.2. The van der Waals surface area contributed by atoms with E-state index in [1.807, 2.05) is 6.07 Å². The van der Waals surface area contributed by atoms with Crippen molar-refractivity contribution < 1.29 is 9.47 Å². The molecule has 0 atom stereocenters. The number of rotatable bonds is 4. The number of nitrogens with two attached hydrogens (primary N) is 1. The lowest BCUT2D eigenvalue weighted by Crippen LogP contribution is -2.37. The lowest BCUT2D eigenvalue weighted by molar-refractivity contribution is 0.171. The smallest absolute Gasteiger partial charge is 0.161 e. The number of hydrogen-bond acceptors (Lipinski definition) is 4. The number of likely N-dealkylation sites (tertiary alicyclic amines) is 1. The Bertz CT molecular complexity index is 392. The first-order valence-electron chi connectivity index (χ1n) is 7.10. The van der Waals surface area contributed by atoms with Gasteiger partial charge in [-0.3, -0.25) is 0 Å². The summed E-state index contributed by atoms with van der Waals surface area (Å²) in [6, 6.07) is 6.32. The summed E-state index contributed by atoms with van der Waals surface area (Å²) in [5.41, 5.74) is 5.86. The average molecular weight is 264 g/mol. The summed E-state index contributed by atoms with van der Waals surface area (Å²) in [6.07, 6.45) is 3.75. The van der Waals surface area contributed by atoms with E-state index in [1.54, 1.807) is 0 Å². The van der Waals surface area contributed by atoms with E-state index < -0.39 is 0 Å². The number of hydrogen-bond donors (Lipinski definition) is 1. The van der Waals surface area contributed by atoms with E-state index in [-0.39, 0.29) is 0 Å². The predicted octanol–water partition coefficient (Wildman–Crippen LogP) is 1.67. The number of fused-ring (bicyclic) bond motifs is 1. The maximum Gasteiger partial charge on any atom is 0.161 e. The van der Waals surface area contributed by atoms with Crippen LogP contribution in [0, 0.1) is 0 Å². The van der Waals surface area contributed by atoms with Crippen LogP contribution < -0.4 is 15.2 Å². The van der Waals surface area contributed by atoms with Gasteiger partial charge in [0.1, 0.15) is 13.2 Å². The van der Waals surface area contributed by atoms with E-state index in [4.69, 9.17) is 9.47 Å². The van der Waals surface area contributed by atoms with E-state index in [9.17, 15) is 0 Å². The molecule has 4 nitrogen and oxygen atoms in total. The summed E-state index contributed by atoms with van der Waals surface area (Å²) in [5, 5.41) is 0. The molecule has 4 heteroatoms. The lowest BCUT2D eigenvalue weighted by atomic mass is 10.1. The molecule has 1 saturated heterocycles. The number of aryl methyl sites for hydroxylation is 1. The van der Waals surface area contributed by atoms with Crippen molar-refractivity contribution in [2.45, 2.75) is 19.3 Å². The van der Waals surface area contributed by atoms with Crippen LogP contribution in [0.15, 0.2) is 18.2 Å². The van der Waals surface area contributed by atoms with Crippen molar-refractivity contribution in [1.29, 1.82) is 0 Å². The maximum absolute atomic E-state index is 5.59. The molecular weight excluding hydrogens is 240 g/mol. The van der Waals surface area contributed by atoms with Gasteiger partial charge in [0.25, 0.3) is 0 Å². The minimum atomic E-state index is 0.668. The molecule has 2 heterocycles. The molecule has 0 spiro atoms. The molecule has 2 aliphatic heterocycles. The highest BCUT2D eigenvalue weighted by Crippen LogP contribution is 2.31. The molecule has 3 rings (SSSR count). The van der Waals surface area contributed by atoms with Crippen molar-refractivity contribution in [2.75, 3.05) is 39.9 Å². The van der Waals surface area contributed by atoms with Crippen LogP contribution in [0.25, 0.3) is 0 Å². The van der Waals surface area contributed by atoms with Gasteiger partial charge < -0.3 is 20.1 Å². The Kier molecular flexibility index (Phi) is 5.48. The summed E-state index contributed by atoms with van der Waals surface area (Å²) in [5.74, 6) is 1.81. The molecular formula is C15H24N2O2. The van der Waals surface area contributed by atoms with Gasteiger partial charge in [-0.05, 0) is 63.6 Å². The van der Waals surface area contributed by atoms with Crippen LogP contribution in [0.5, 0.6) is 11.5 Å². The molecule has 0 aromatic heterocycles. The summed E-state index contributed by atoms with van der Waals surface area (Å²) >= 11 is 0. The van der Waals surface area contributed by atoms with Gasteiger partial charge in [0.05, 0.1) is 0 Å². The van der Waals surface area contributed by atoms with Gasteiger partial charge in [-0.15, -0.1) is 0 Å². The SMILES string of the molecule is CN.c1cc2c(cc1CCCN1CCC1)OCCO2. The fourth-order valence-electron chi connectivity index (χ4n) is 2.36. The van der Waals surface area contributed by atoms with Gasteiger partial charge in [0.2, 0.25) is 0 Å². The van der Waals surface area contributed by atoms with Gasteiger partial charge in [-0.2, -0.15) is 0 Å². The van der Waals surface area contributed by atoms with Gasteiger partial charge in [0, 0.05) is 0 Å². The van der Waals surface area contributed by atoms with Gasteiger partial charge in [-0.1, -0.05) is 6.07 Å². The second kappa shape index (κ2) is 7.36. The zero-order valence-corrected chi connectivity index (χ0v) is 11.7. The second-order valence-corrected chi connectivity index (χ2v) is 4.78. The van der Waals surface area contributed by atoms with Crippen LogP contribution in [0.2, 0.25) is 0 Å². The minimum absolute atomic E-state index is 0.668. The number of benzene rings is 1. The molecule has 0 bridgehead atoms. The molecule has 0 unspecified atom stereocenters. The molecule has 0 radical (unpaired) electrons. The molecule has 0 aliphatic carbocycles. The van der Waals surface area contributed by atoms with Crippen molar-refractivity contribution in [3.8, 4) is 11.5 Å². The van der Waals surface area contributed by atoms with Gasteiger partial charge in [0.15, 0.2) is 11.5 Å². The predicted molar refractivity (Wildman–Crippen MR) is 76.9 cm³/mol. The second-order valence-electron chi connectivity index (χ2n) is 4.78. The third kappa shape index (κ3) is 3.85. The summed E-state index contributed by atoms with van der Waals surface area (Å²) in [6.45, 7) is 5.16. The Morgan fingerprint density at radius 3 is 2.53 bits per heavy atom. The third-order valence-corrected chi connectivity index (χ3v) is 3.50. The molecule has 0 saturated carbocycles. The highest BCUT2D eigenvalue weighted by Gasteiger charge is 2.14. The fraction of sp³-hybridized carbons (Fsp3) is 0.600. The summed E-state index contributed by atoms with van der Waals surface area (Å²) < 4.78 is 11.1. The highest BCUT2D eigenvalue weighted by molar-refractivity contribution is 5.43. The van der Waals surface area contributed by atoms with E-state index >= 15 is 0 Å². The summed E-state index contributed by atoms with van der Waals surface area (Å²) in [4.78, 5) is 2.51. The largest absolute Gasteiger partial charge is 0.486 e. The topological polar surface area (TPSA) is 47.7 Å². The highest BCUT2D eigenvalue weighted by atomic mass is 16.6. The van der Waals surface area contributed by atoms with E-state index in [2.05, 4.69) is 22.8 Å². The standard InChI is InChI=1S/C14H19NO2.CH5N/c1(6-15-7-2-8-15)3-12-4-5-13-14(11-12)17-10-9-16-13;1-2/h4-5,11H,1-3,6-10H2;2H2,1H3. The first-order chi connectivity index (χ1) is 9.42. The van der Waals surface area contributed by atoms with Crippen LogP contribution in [0.4, 0.5) is 0 Å². The van der Waals surface area contributed by atoms with Gasteiger partial charge in [-0.25, -0.2) is 0 Å². The Balaban J connectivity index is 0.000000637. The monoisotopic (exact) mass is 264 g/mol. The van der Waals surface area contributed by atoms with Crippen molar-refractivity contribution in [1.82, 2.24) is 4.90 Å². The van der Waals surface area contributed by atoms with E-state index in [0.29, 0.717) is 13.2 Å². The molecule has 1 aromatic carbocycles. The molecule has 1 fully saturated rings. The number of ether oxygens (including phenoxy) is 2. The molecule has 19 heavy (non-hydrogen) atoms. The molecule has 106 valence electrons. The van der Waals surface area contributed by atoms with Crippen LogP contribution in [0.1, 0.15) is 18.4 Å². The Morgan fingerprint density at radius 2 is 1.84 bits per heavy atom. The van der Waals surface area contributed by atoms with Crippen LogP contribution >= 0.6 is 0 Å². The zero-order valence-electron chi connectivity index (χ0n) is 11.7. The fourth-order valence-corrected chi connectivity index (χ4v) is 2.36. The zero-order chi connectivity index (χ0) is 13.5. The third-order valence-electron chi connectivity index (χ3n) is 3.50. The average Bonchev–Trinajstić information content (AvgIpc) is 2.44. The summed E-state index contributed by atoms with van der Waals surface area (Å²) in [7, 11) is 1.50. The molecule has 2 N–H and O–H groups in total. The Morgan fingerprint density at radius 1 is 1.11 bits per heavy atom. The first kappa shape index (κ1) is 14.2. The van der Waals surface area contributed by atoms with Crippen LogP contribution in [-0.4, -0.2) is 44.8 Å². The minimum Gasteiger partial charge on any atom is -0.486 e. The van der Waals surface area contributed by atoms with Crippen LogP contribution in [0.3, 0.4) is 0 Å². The molecule has 1 aromatic rings. The number of nitrogens with zero attached hydrogens (tertiary/aromatic N) is 1. The van der Waals surface area contributed by atoms with Crippen molar-refractivity contribution >= 4 is 0 Å². The van der Waals surface area contributed by atoms with Crippen molar-refractivity contribution in [3.63, 3.8) is 0 Å².